The van der Waals surface area contributed by atoms with Crippen LogP contribution in [0.1, 0.15) is 35.0 Å². The van der Waals surface area contributed by atoms with Crippen molar-refractivity contribution in [1.29, 1.82) is 0 Å². The summed E-state index contributed by atoms with van der Waals surface area (Å²) in [4.78, 5) is 15.8. The Labute approximate surface area is 124 Å². The molecular weight excluding hydrogens is 359 g/mol. The number of carbonyl (C=O) groups is 1. The maximum Gasteiger partial charge on any atom is 0.435 e. The minimum atomic E-state index is -4.61. The average Bonchev–Trinajstić information content (AvgIpc) is 2.94. The third-order valence-corrected chi connectivity index (χ3v) is 2.86. The van der Waals surface area contributed by atoms with Crippen LogP contribution >= 0.6 is 15.9 Å². The number of aryl methyl sites for hydroxylation is 1. The summed E-state index contributed by atoms with van der Waals surface area (Å²) in [5.41, 5.74) is -1.36. The molecule has 21 heavy (non-hydrogen) atoms. The molecule has 0 bridgehead atoms. The quantitative estimate of drug-likeness (QED) is 0.897. The molecule has 7 nitrogen and oxygen atoms in total. The molecule has 2 aromatic heterocycles. The fraction of sp³-hybridized carbons (Fsp3) is 0.400. The number of nitrogens with zero attached hydrogens (tertiary/aromatic N) is 4. The molecule has 0 aromatic carbocycles. The maximum absolute atomic E-state index is 12.5. The van der Waals surface area contributed by atoms with Crippen LogP contribution in [0.25, 0.3) is 0 Å². The van der Waals surface area contributed by atoms with Crippen molar-refractivity contribution >= 4 is 21.8 Å². The van der Waals surface area contributed by atoms with Gasteiger partial charge in [-0.2, -0.15) is 23.3 Å². The largest absolute Gasteiger partial charge is 0.435 e. The Morgan fingerprint density at radius 3 is 2.67 bits per heavy atom. The number of hydrogen-bond acceptors (Lipinski definition) is 5. The van der Waals surface area contributed by atoms with Crippen molar-refractivity contribution in [1.82, 2.24) is 25.2 Å². The lowest BCUT2D eigenvalue weighted by Gasteiger charge is -2.09. The van der Waals surface area contributed by atoms with E-state index in [0.29, 0.717) is 6.07 Å². The van der Waals surface area contributed by atoms with Crippen LogP contribution in [-0.4, -0.2) is 25.8 Å². The summed E-state index contributed by atoms with van der Waals surface area (Å²) in [6.07, 6.45) is -4.61. The van der Waals surface area contributed by atoms with Crippen molar-refractivity contribution in [2.75, 3.05) is 0 Å². The lowest BCUT2D eigenvalue weighted by molar-refractivity contribution is -0.141. The van der Waals surface area contributed by atoms with E-state index in [1.165, 1.54) is 7.05 Å². The highest BCUT2D eigenvalue weighted by Gasteiger charge is 2.35. The van der Waals surface area contributed by atoms with E-state index in [1.54, 1.807) is 6.92 Å². The zero-order chi connectivity index (χ0) is 15.8. The Balaban J connectivity index is 2.15. The predicted octanol–water partition coefficient (Wildman–Crippen LogP) is 2.08. The molecule has 0 aliphatic carbocycles. The molecule has 0 radical (unpaired) electrons. The molecule has 0 aliphatic rings. The Morgan fingerprint density at radius 1 is 1.52 bits per heavy atom. The number of aromatic nitrogens is 4. The second kappa shape index (κ2) is 5.47. The van der Waals surface area contributed by atoms with Gasteiger partial charge in [-0.05, 0) is 28.0 Å². The first kappa shape index (κ1) is 15.5. The molecule has 11 heteroatoms. The first-order valence-corrected chi connectivity index (χ1v) is 6.39. The van der Waals surface area contributed by atoms with Gasteiger partial charge >= 0.3 is 6.18 Å². The fourth-order valence-electron chi connectivity index (χ4n) is 1.54. The lowest BCUT2D eigenvalue weighted by atomic mass is 10.3. The number of hydrogen-bond donors (Lipinski definition) is 1. The summed E-state index contributed by atoms with van der Waals surface area (Å²) in [6.45, 7) is 1.55. The predicted molar refractivity (Wildman–Crippen MR) is 66.1 cm³/mol. The van der Waals surface area contributed by atoms with Crippen LogP contribution in [0.4, 0.5) is 13.2 Å². The molecule has 1 N–H and O–H groups in total. The molecule has 114 valence electrons. The van der Waals surface area contributed by atoms with E-state index in [4.69, 9.17) is 4.52 Å². The molecule has 0 unspecified atom stereocenters. The molecule has 2 heterocycles. The fourth-order valence-corrected chi connectivity index (χ4v) is 1.79. The second-order valence-corrected chi connectivity index (χ2v) is 4.84. The summed E-state index contributed by atoms with van der Waals surface area (Å²) in [7, 11) is 1.25. The van der Waals surface area contributed by atoms with Gasteiger partial charge in [-0.15, -0.1) is 0 Å². The minimum absolute atomic E-state index is 0.119. The highest BCUT2D eigenvalue weighted by molar-refractivity contribution is 9.10. The zero-order valence-electron chi connectivity index (χ0n) is 10.8. The van der Waals surface area contributed by atoms with Gasteiger partial charge in [0.25, 0.3) is 5.91 Å². The molecule has 0 spiro atoms. The Morgan fingerprint density at radius 2 is 2.19 bits per heavy atom. The van der Waals surface area contributed by atoms with Crippen molar-refractivity contribution in [2.45, 2.75) is 19.1 Å². The first-order chi connectivity index (χ1) is 9.68. The van der Waals surface area contributed by atoms with E-state index in [-0.39, 0.29) is 16.3 Å². The summed E-state index contributed by atoms with van der Waals surface area (Å²) < 4.78 is 43.5. The van der Waals surface area contributed by atoms with Crippen LogP contribution < -0.4 is 5.32 Å². The normalized spacial score (nSPS) is 13.2. The molecule has 2 rings (SSSR count). The van der Waals surface area contributed by atoms with E-state index in [0.717, 1.165) is 4.68 Å². The van der Waals surface area contributed by atoms with Crippen molar-refractivity contribution < 1.29 is 22.5 Å². The van der Waals surface area contributed by atoms with Crippen LogP contribution in [0.15, 0.2) is 15.3 Å². The van der Waals surface area contributed by atoms with Gasteiger partial charge in [0.2, 0.25) is 10.6 Å². The average molecular weight is 368 g/mol. The molecule has 1 amide bonds. The molecular formula is C10H9BrF3N5O2. The Kier molecular flexibility index (Phi) is 4.03. The lowest BCUT2D eigenvalue weighted by Crippen LogP contribution is -2.28. The number of amides is 1. The van der Waals surface area contributed by atoms with Gasteiger partial charge < -0.3 is 9.84 Å². The van der Waals surface area contributed by atoms with Crippen LogP contribution in [0.5, 0.6) is 0 Å². The number of alkyl halides is 3. The van der Waals surface area contributed by atoms with Crippen molar-refractivity contribution in [2.24, 2.45) is 7.05 Å². The third kappa shape index (κ3) is 3.40. The van der Waals surface area contributed by atoms with Crippen molar-refractivity contribution in [3.63, 3.8) is 0 Å². The van der Waals surface area contributed by atoms with Crippen LogP contribution in [0.2, 0.25) is 0 Å². The molecule has 0 saturated heterocycles. The number of halogens is 4. The second-order valence-electron chi connectivity index (χ2n) is 4.13. The molecule has 1 atom stereocenters. The number of nitrogens with one attached hydrogen (secondary N) is 1. The summed E-state index contributed by atoms with van der Waals surface area (Å²) in [6, 6.07) is 0.00624. The molecule has 2 aromatic rings. The van der Waals surface area contributed by atoms with Crippen molar-refractivity contribution in [3.8, 4) is 0 Å². The van der Waals surface area contributed by atoms with Gasteiger partial charge in [0.15, 0.2) is 5.69 Å². The Bertz CT molecular complexity index is 666. The van der Waals surface area contributed by atoms with Gasteiger partial charge in [0.05, 0.1) is 0 Å². The maximum atomic E-state index is 12.5. The summed E-state index contributed by atoms with van der Waals surface area (Å²) in [5.74, 6) is -0.615. The Hall–Kier alpha value is -1.91. The monoisotopic (exact) mass is 367 g/mol. The zero-order valence-corrected chi connectivity index (χ0v) is 12.4. The summed E-state index contributed by atoms with van der Waals surface area (Å²) >= 11 is 2.98. The minimum Gasteiger partial charge on any atom is -0.339 e. The van der Waals surface area contributed by atoms with Gasteiger partial charge in [0.1, 0.15) is 11.7 Å². The topological polar surface area (TPSA) is 85.8 Å². The number of rotatable bonds is 3. The standard InChI is InChI=1S/C10H9BrF3N5O2/c1-4(8-16-9(11)18-21-8)15-7(20)5-3-6(10(12,13)14)17-19(5)2/h3-4H,1-2H3,(H,15,20)/t4-/m0/s1. The highest BCUT2D eigenvalue weighted by Crippen LogP contribution is 2.28. The molecule has 0 saturated carbocycles. The number of carbonyl (C=O) groups excluding carboxylic acids is 1. The van der Waals surface area contributed by atoms with Gasteiger partial charge in [-0.25, -0.2) is 0 Å². The molecule has 0 aliphatic heterocycles. The van der Waals surface area contributed by atoms with Gasteiger partial charge in [-0.3, -0.25) is 9.48 Å². The van der Waals surface area contributed by atoms with Gasteiger partial charge in [0, 0.05) is 13.1 Å². The smallest absolute Gasteiger partial charge is 0.339 e. The highest BCUT2D eigenvalue weighted by atomic mass is 79.9. The van der Waals surface area contributed by atoms with Crippen LogP contribution in [-0.2, 0) is 13.2 Å². The van der Waals surface area contributed by atoms with E-state index in [2.05, 4.69) is 36.5 Å². The van der Waals surface area contributed by atoms with Crippen molar-refractivity contribution in [3.05, 3.63) is 28.1 Å². The SMILES string of the molecule is C[C@H](NC(=O)c1cc(C(F)(F)F)nn1C)c1nc(Br)no1. The van der Waals surface area contributed by atoms with E-state index >= 15 is 0 Å². The molecule has 0 fully saturated rings. The third-order valence-electron chi connectivity index (χ3n) is 2.54. The summed E-state index contributed by atoms with van der Waals surface area (Å²) in [5, 5.41) is 9.19. The van der Waals surface area contributed by atoms with Crippen LogP contribution in [0, 0.1) is 0 Å². The van der Waals surface area contributed by atoms with Crippen LogP contribution in [0.3, 0.4) is 0 Å². The van der Waals surface area contributed by atoms with Gasteiger partial charge in [-0.1, -0.05) is 0 Å². The van der Waals surface area contributed by atoms with E-state index in [1.807, 2.05) is 0 Å². The van der Waals surface area contributed by atoms with E-state index in [9.17, 15) is 18.0 Å². The first-order valence-electron chi connectivity index (χ1n) is 5.59. The van der Waals surface area contributed by atoms with E-state index < -0.39 is 23.8 Å².